The van der Waals surface area contributed by atoms with Gasteiger partial charge < -0.3 is 14.4 Å². The molecule has 0 aromatic carbocycles. The first-order valence-electron chi connectivity index (χ1n) is 12.1. The monoisotopic (exact) mass is 500 g/mol. The molecular formula is C25H27F3N6O2. The van der Waals surface area contributed by atoms with Gasteiger partial charge in [0, 0.05) is 24.7 Å². The number of hydrogen-bond donors (Lipinski definition) is 0. The number of nitrogens with zero attached hydrogens (tertiary/aromatic N) is 6. The second-order valence-electron chi connectivity index (χ2n) is 10.2. The first kappa shape index (κ1) is 23.3. The molecule has 4 fully saturated rings. The summed E-state index contributed by atoms with van der Waals surface area (Å²) in [5.41, 5.74) is 2.32. The van der Waals surface area contributed by atoms with Crippen LogP contribution in [0.4, 0.5) is 19.1 Å². The number of rotatable bonds is 4. The van der Waals surface area contributed by atoms with Crippen LogP contribution in [0.2, 0.25) is 0 Å². The number of alkyl halides is 3. The van der Waals surface area contributed by atoms with Crippen molar-refractivity contribution in [2.45, 2.75) is 51.3 Å². The number of anilines is 1. The standard InChI is InChI=1S/C25H27F3N6O2/c1-13-14(2)31-22-21(30-13)20(17-11-24(25(26,27)28)9-16(17)10-24)32-23(33-22)34-6-7-36-18(12-34)15-4-5-29-19(8-15)35-3/h4-5,8,16-18H,6-7,9-12H2,1-3H3/t16-,17?,18?,24+. The van der Waals surface area contributed by atoms with Gasteiger partial charge in [0.25, 0.3) is 0 Å². The molecule has 4 heterocycles. The van der Waals surface area contributed by atoms with Crippen molar-refractivity contribution in [3.63, 3.8) is 0 Å². The molecule has 3 aromatic rings. The van der Waals surface area contributed by atoms with E-state index in [1.807, 2.05) is 30.9 Å². The summed E-state index contributed by atoms with van der Waals surface area (Å²) >= 11 is 0. The molecule has 2 atom stereocenters. The van der Waals surface area contributed by atoms with Gasteiger partial charge in [-0.15, -0.1) is 0 Å². The number of halogens is 3. The predicted molar refractivity (Wildman–Crippen MR) is 125 cm³/mol. The van der Waals surface area contributed by atoms with E-state index in [1.54, 1.807) is 13.3 Å². The summed E-state index contributed by atoms with van der Waals surface area (Å²) < 4.78 is 52.8. The van der Waals surface area contributed by atoms with Gasteiger partial charge in [0.2, 0.25) is 11.8 Å². The second kappa shape index (κ2) is 8.22. The average Bonchev–Trinajstić information content (AvgIpc) is 3.42. The molecule has 0 radical (unpaired) electrons. The topological polar surface area (TPSA) is 86.2 Å². The number of methoxy groups -OCH3 is 1. The van der Waals surface area contributed by atoms with Gasteiger partial charge in [-0.05, 0) is 50.7 Å². The lowest BCUT2D eigenvalue weighted by Crippen LogP contribution is -2.42. The molecule has 0 amide bonds. The van der Waals surface area contributed by atoms with E-state index in [0.717, 1.165) is 17.0 Å². The number of pyridine rings is 1. The molecule has 190 valence electrons. The zero-order valence-electron chi connectivity index (χ0n) is 20.3. The fourth-order valence-electron chi connectivity index (χ4n) is 5.94. The molecule has 1 saturated heterocycles. The normalized spacial score (nSPS) is 27.8. The molecule has 3 aliphatic carbocycles. The van der Waals surface area contributed by atoms with Gasteiger partial charge in [-0.1, -0.05) is 0 Å². The summed E-state index contributed by atoms with van der Waals surface area (Å²) in [5, 5.41) is 0. The fraction of sp³-hybridized carbons (Fsp3) is 0.560. The predicted octanol–water partition coefficient (Wildman–Crippen LogP) is 4.46. The van der Waals surface area contributed by atoms with Crippen molar-refractivity contribution in [1.29, 1.82) is 0 Å². The molecule has 8 nitrogen and oxygen atoms in total. The lowest BCUT2D eigenvalue weighted by Gasteiger charge is -2.39. The van der Waals surface area contributed by atoms with Gasteiger partial charge in [0.15, 0.2) is 5.65 Å². The highest BCUT2D eigenvalue weighted by Gasteiger charge is 2.69. The maximum atomic E-state index is 13.8. The van der Waals surface area contributed by atoms with Crippen LogP contribution >= 0.6 is 0 Å². The van der Waals surface area contributed by atoms with Gasteiger partial charge in [-0.3, -0.25) is 0 Å². The fourth-order valence-corrected chi connectivity index (χ4v) is 5.94. The van der Waals surface area contributed by atoms with Gasteiger partial charge in [-0.2, -0.15) is 18.2 Å². The molecule has 7 rings (SSSR count). The molecule has 3 saturated carbocycles. The Bertz CT molecular complexity index is 1330. The number of hydrogen-bond acceptors (Lipinski definition) is 8. The Morgan fingerprint density at radius 1 is 1.08 bits per heavy atom. The molecule has 11 heteroatoms. The van der Waals surface area contributed by atoms with Crippen molar-refractivity contribution in [2.75, 3.05) is 31.7 Å². The van der Waals surface area contributed by atoms with Crippen LogP contribution in [0.1, 0.15) is 53.9 Å². The summed E-state index contributed by atoms with van der Waals surface area (Å²) in [6, 6.07) is 3.71. The highest BCUT2D eigenvalue weighted by molar-refractivity contribution is 5.75. The van der Waals surface area contributed by atoms with Gasteiger partial charge >= 0.3 is 6.18 Å². The van der Waals surface area contributed by atoms with Crippen LogP contribution in [0.3, 0.4) is 0 Å². The zero-order valence-corrected chi connectivity index (χ0v) is 20.3. The van der Waals surface area contributed by atoms with E-state index in [2.05, 4.69) is 9.97 Å². The molecule has 3 aromatic heterocycles. The van der Waals surface area contributed by atoms with E-state index in [-0.39, 0.29) is 37.2 Å². The second-order valence-corrected chi connectivity index (χ2v) is 10.2. The number of morpholine rings is 1. The lowest BCUT2D eigenvalue weighted by molar-refractivity contribution is -0.244. The molecule has 0 N–H and O–H groups in total. The molecule has 2 unspecified atom stereocenters. The van der Waals surface area contributed by atoms with Gasteiger partial charge in [0.1, 0.15) is 11.6 Å². The Morgan fingerprint density at radius 2 is 1.86 bits per heavy atom. The number of aryl methyl sites for hydroxylation is 2. The van der Waals surface area contributed by atoms with Crippen LogP contribution in [0.15, 0.2) is 18.3 Å². The van der Waals surface area contributed by atoms with Crippen LogP contribution < -0.4 is 9.64 Å². The van der Waals surface area contributed by atoms with Crippen LogP contribution in [-0.4, -0.2) is 57.9 Å². The quantitative estimate of drug-likeness (QED) is 0.519. The Kier molecular flexibility index (Phi) is 5.33. The van der Waals surface area contributed by atoms with E-state index in [1.165, 1.54) is 0 Å². The van der Waals surface area contributed by atoms with Crippen LogP contribution in [0.25, 0.3) is 11.2 Å². The van der Waals surface area contributed by atoms with Crippen LogP contribution in [0.5, 0.6) is 5.88 Å². The maximum absolute atomic E-state index is 13.8. The first-order valence-corrected chi connectivity index (χ1v) is 12.1. The minimum Gasteiger partial charge on any atom is -0.481 e. The Balaban J connectivity index is 1.38. The van der Waals surface area contributed by atoms with E-state index in [0.29, 0.717) is 48.4 Å². The van der Waals surface area contributed by atoms with Gasteiger partial charge in [-0.25, -0.2) is 19.9 Å². The minimum atomic E-state index is -4.20. The average molecular weight is 501 g/mol. The van der Waals surface area contributed by atoms with Crippen LogP contribution in [0, 0.1) is 25.2 Å². The van der Waals surface area contributed by atoms with Crippen molar-refractivity contribution >= 4 is 17.1 Å². The lowest BCUT2D eigenvalue weighted by atomic mass is 9.68. The smallest absolute Gasteiger partial charge is 0.394 e. The Hall–Kier alpha value is -3.08. The van der Waals surface area contributed by atoms with E-state index in [4.69, 9.17) is 24.4 Å². The molecular weight excluding hydrogens is 473 g/mol. The first-order chi connectivity index (χ1) is 17.2. The van der Waals surface area contributed by atoms with E-state index < -0.39 is 11.6 Å². The molecule has 1 aliphatic heterocycles. The largest absolute Gasteiger partial charge is 0.481 e. The van der Waals surface area contributed by atoms with Crippen molar-refractivity contribution in [2.24, 2.45) is 11.3 Å². The third-order valence-corrected chi connectivity index (χ3v) is 8.08. The number of fused-ring (bicyclic) bond motifs is 2. The highest BCUT2D eigenvalue weighted by atomic mass is 19.4. The molecule has 36 heavy (non-hydrogen) atoms. The Morgan fingerprint density at radius 3 is 2.58 bits per heavy atom. The van der Waals surface area contributed by atoms with Crippen LogP contribution in [-0.2, 0) is 4.74 Å². The van der Waals surface area contributed by atoms with Crippen molar-refractivity contribution in [3.8, 4) is 5.88 Å². The summed E-state index contributed by atoms with van der Waals surface area (Å²) in [6.07, 6.45) is -2.43. The summed E-state index contributed by atoms with van der Waals surface area (Å²) in [4.78, 5) is 25.1. The van der Waals surface area contributed by atoms with Crippen molar-refractivity contribution in [3.05, 3.63) is 41.0 Å². The Labute approximate surface area is 206 Å². The molecule has 2 bridgehead atoms. The summed E-state index contributed by atoms with van der Waals surface area (Å²) in [6.45, 7) is 5.20. The summed E-state index contributed by atoms with van der Waals surface area (Å²) in [5.74, 6) is 0.586. The zero-order chi connectivity index (χ0) is 25.2. The third kappa shape index (κ3) is 3.66. The molecule has 4 aliphatic rings. The van der Waals surface area contributed by atoms with Gasteiger partial charge in [0.05, 0.1) is 42.8 Å². The van der Waals surface area contributed by atoms with E-state index in [9.17, 15) is 13.2 Å². The minimum absolute atomic E-state index is 0.0455. The SMILES string of the molecule is COc1cc(C2CN(c3nc(C4C[C@]5(C(F)(F)F)C[C@@H]4C5)c4nc(C)c(C)nc4n3)CCO2)ccn1. The van der Waals surface area contributed by atoms with E-state index >= 15 is 0 Å². The summed E-state index contributed by atoms with van der Waals surface area (Å²) in [7, 11) is 1.56. The number of ether oxygens (including phenoxy) is 2. The molecule has 0 spiro atoms. The maximum Gasteiger partial charge on any atom is 0.394 e. The van der Waals surface area contributed by atoms with Crippen molar-refractivity contribution in [1.82, 2.24) is 24.9 Å². The highest BCUT2D eigenvalue weighted by Crippen LogP contribution is 2.70. The van der Waals surface area contributed by atoms with Crippen molar-refractivity contribution < 1.29 is 22.6 Å². The third-order valence-electron chi connectivity index (χ3n) is 8.08. The number of aromatic nitrogens is 5.